The van der Waals surface area contributed by atoms with E-state index in [1.807, 2.05) is 24.3 Å². The fraction of sp³-hybridized carbons (Fsp3) is 0.579. The van der Waals surface area contributed by atoms with Crippen LogP contribution in [0.15, 0.2) is 24.3 Å². The van der Waals surface area contributed by atoms with Gasteiger partial charge in [-0.05, 0) is 74.0 Å². The van der Waals surface area contributed by atoms with Gasteiger partial charge in [0.05, 0.1) is 11.6 Å². The molecule has 1 aromatic carbocycles. The van der Waals surface area contributed by atoms with Gasteiger partial charge in [-0.1, -0.05) is 12.1 Å². The molecule has 1 N–H and O–H groups in total. The first kappa shape index (κ1) is 13.8. The first-order chi connectivity index (χ1) is 10.7. The van der Waals surface area contributed by atoms with Crippen LogP contribution < -0.4 is 5.32 Å². The molecule has 4 fully saturated rings. The number of amides is 1. The van der Waals surface area contributed by atoms with E-state index in [1.54, 1.807) is 0 Å². The van der Waals surface area contributed by atoms with Crippen molar-refractivity contribution < 1.29 is 4.79 Å². The SMILES string of the molecule is N#Cc1ccc(CNC(=O)C23CC4CC(CC(C4)C2)C3)cc1. The second-order valence-corrected chi connectivity index (χ2v) is 7.69. The van der Waals surface area contributed by atoms with Gasteiger partial charge in [-0.15, -0.1) is 0 Å². The number of nitrogens with zero attached hydrogens (tertiary/aromatic N) is 1. The summed E-state index contributed by atoms with van der Waals surface area (Å²) in [6, 6.07) is 9.60. The Hall–Kier alpha value is -1.82. The summed E-state index contributed by atoms with van der Waals surface area (Å²) in [6.07, 6.45) is 7.42. The summed E-state index contributed by atoms with van der Waals surface area (Å²) in [7, 11) is 0. The molecule has 4 aliphatic carbocycles. The zero-order valence-corrected chi connectivity index (χ0v) is 12.8. The molecule has 4 bridgehead atoms. The quantitative estimate of drug-likeness (QED) is 0.929. The van der Waals surface area contributed by atoms with Crippen LogP contribution >= 0.6 is 0 Å². The third-order valence-electron chi connectivity index (χ3n) is 6.06. The van der Waals surface area contributed by atoms with Gasteiger partial charge in [0.25, 0.3) is 0 Å². The van der Waals surface area contributed by atoms with Gasteiger partial charge in [0.1, 0.15) is 0 Å². The standard InChI is InChI=1S/C19H22N2O/c20-11-13-1-3-14(4-2-13)12-21-18(22)19-8-15-5-16(9-19)7-17(6-15)10-19/h1-4,15-17H,5-10,12H2,(H,21,22). The normalized spacial score (nSPS) is 35.1. The molecular weight excluding hydrogens is 272 g/mol. The molecule has 3 heteroatoms. The van der Waals surface area contributed by atoms with Crippen molar-refractivity contribution in [2.24, 2.45) is 23.2 Å². The highest BCUT2D eigenvalue weighted by molar-refractivity contribution is 5.83. The molecule has 114 valence electrons. The Kier molecular flexibility index (Phi) is 3.22. The third kappa shape index (κ3) is 2.31. The maximum absolute atomic E-state index is 12.8. The maximum atomic E-state index is 12.8. The van der Waals surface area contributed by atoms with E-state index in [4.69, 9.17) is 5.26 Å². The molecule has 5 rings (SSSR count). The lowest BCUT2D eigenvalue weighted by molar-refractivity contribution is -0.146. The van der Waals surface area contributed by atoms with Gasteiger partial charge >= 0.3 is 0 Å². The Morgan fingerprint density at radius 2 is 1.64 bits per heavy atom. The Morgan fingerprint density at radius 1 is 1.09 bits per heavy atom. The predicted molar refractivity (Wildman–Crippen MR) is 83.6 cm³/mol. The topological polar surface area (TPSA) is 52.9 Å². The largest absolute Gasteiger partial charge is 0.352 e. The first-order valence-electron chi connectivity index (χ1n) is 8.44. The third-order valence-corrected chi connectivity index (χ3v) is 6.06. The van der Waals surface area contributed by atoms with Crippen LogP contribution in [-0.4, -0.2) is 5.91 Å². The molecule has 0 saturated heterocycles. The second kappa shape index (κ2) is 5.12. The maximum Gasteiger partial charge on any atom is 0.226 e. The van der Waals surface area contributed by atoms with Crippen LogP contribution in [0.25, 0.3) is 0 Å². The molecule has 0 aromatic heterocycles. The second-order valence-electron chi connectivity index (χ2n) is 7.69. The van der Waals surface area contributed by atoms with Gasteiger partial charge in [-0.25, -0.2) is 0 Å². The number of carbonyl (C=O) groups is 1. The minimum Gasteiger partial charge on any atom is -0.352 e. The number of carbonyl (C=O) groups excluding carboxylic acids is 1. The number of benzene rings is 1. The van der Waals surface area contributed by atoms with Gasteiger partial charge in [-0.2, -0.15) is 5.26 Å². The smallest absolute Gasteiger partial charge is 0.226 e. The highest BCUT2D eigenvalue weighted by Gasteiger charge is 2.54. The first-order valence-corrected chi connectivity index (χ1v) is 8.44. The summed E-state index contributed by atoms with van der Waals surface area (Å²) in [4.78, 5) is 12.8. The Morgan fingerprint density at radius 3 is 2.14 bits per heavy atom. The predicted octanol–water partition coefficient (Wildman–Crippen LogP) is 3.39. The van der Waals surface area contributed by atoms with Crippen molar-refractivity contribution in [3.8, 4) is 6.07 Å². The summed E-state index contributed by atoms with van der Waals surface area (Å²) >= 11 is 0. The van der Waals surface area contributed by atoms with Crippen LogP contribution in [0.2, 0.25) is 0 Å². The van der Waals surface area contributed by atoms with Crippen molar-refractivity contribution in [3.05, 3.63) is 35.4 Å². The van der Waals surface area contributed by atoms with Gasteiger partial charge < -0.3 is 5.32 Å². The van der Waals surface area contributed by atoms with E-state index < -0.39 is 0 Å². The number of rotatable bonds is 3. The molecule has 0 atom stereocenters. The molecule has 0 radical (unpaired) electrons. The zero-order valence-electron chi connectivity index (χ0n) is 12.8. The summed E-state index contributed by atoms with van der Waals surface area (Å²) in [5.74, 6) is 2.67. The average Bonchev–Trinajstić information content (AvgIpc) is 2.51. The summed E-state index contributed by atoms with van der Waals surface area (Å²) < 4.78 is 0. The molecular formula is C19H22N2O. The van der Waals surface area contributed by atoms with Crippen molar-refractivity contribution in [3.63, 3.8) is 0 Å². The van der Waals surface area contributed by atoms with E-state index in [0.717, 1.165) is 42.6 Å². The van der Waals surface area contributed by atoms with E-state index >= 15 is 0 Å². The van der Waals surface area contributed by atoms with E-state index in [9.17, 15) is 4.79 Å². The van der Waals surface area contributed by atoms with Crippen LogP contribution in [0.1, 0.15) is 49.7 Å². The van der Waals surface area contributed by atoms with Crippen molar-refractivity contribution in [1.29, 1.82) is 5.26 Å². The van der Waals surface area contributed by atoms with Crippen molar-refractivity contribution in [1.82, 2.24) is 5.32 Å². The van der Waals surface area contributed by atoms with E-state index in [-0.39, 0.29) is 11.3 Å². The van der Waals surface area contributed by atoms with Crippen LogP contribution in [-0.2, 0) is 11.3 Å². The molecule has 1 aromatic rings. The van der Waals surface area contributed by atoms with E-state index in [1.165, 1.54) is 19.3 Å². The Labute approximate surface area is 131 Å². The van der Waals surface area contributed by atoms with Crippen LogP contribution in [0.4, 0.5) is 0 Å². The molecule has 0 unspecified atom stereocenters. The molecule has 4 aliphatic rings. The lowest BCUT2D eigenvalue weighted by Gasteiger charge is -2.55. The zero-order chi connectivity index (χ0) is 15.2. The minimum atomic E-state index is -0.0681. The molecule has 0 heterocycles. The van der Waals surface area contributed by atoms with E-state index in [2.05, 4.69) is 11.4 Å². The molecule has 4 saturated carbocycles. The number of nitriles is 1. The summed E-state index contributed by atoms with van der Waals surface area (Å²) in [5.41, 5.74) is 1.66. The lowest BCUT2D eigenvalue weighted by atomic mass is 9.49. The highest BCUT2D eigenvalue weighted by atomic mass is 16.2. The van der Waals surface area contributed by atoms with Crippen molar-refractivity contribution in [2.75, 3.05) is 0 Å². The summed E-state index contributed by atoms with van der Waals surface area (Å²) in [6.45, 7) is 0.576. The number of nitrogens with one attached hydrogen (secondary N) is 1. The molecule has 1 amide bonds. The van der Waals surface area contributed by atoms with Gasteiger partial charge in [0, 0.05) is 12.0 Å². The Balaban J connectivity index is 1.43. The molecule has 3 nitrogen and oxygen atoms in total. The highest BCUT2D eigenvalue weighted by Crippen LogP contribution is 2.60. The van der Waals surface area contributed by atoms with E-state index in [0.29, 0.717) is 12.1 Å². The monoisotopic (exact) mass is 294 g/mol. The van der Waals surface area contributed by atoms with Crippen molar-refractivity contribution in [2.45, 2.75) is 45.1 Å². The van der Waals surface area contributed by atoms with Crippen molar-refractivity contribution >= 4 is 5.91 Å². The van der Waals surface area contributed by atoms with Gasteiger partial charge in [0.15, 0.2) is 0 Å². The Bertz CT molecular complexity index is 591. The van der Waals surface area contributed by atoms with Gasteiger partial charge in [0.2, 0.25) is 5.91 Å². The fourth-order valence-electron chi connectivity index (χ4n) is 5.46. The van der Waals surface area contributed by atoms with Crippen LogP contribution in [0, 0.1) is 34.5 Å². The average molecular weight is 294 g/mol. The lowest BCUT2D eigenvalue weighted by Crippen LogP contribution is -2.53. The van der Waals surface area contributed by atoms with Crippen LogP contribution in [0.3, 0.4) is 0 Å². The molecule has 0 spiro atoms. The number of hydrogen-bond donors (Lipinski definition) is 1. The number of hydrogen-bond acceptors (Lipinski definition) is 2. The molecule has 0 aliphatic heterocycles. The minimum absolute atomic E-state index is 0.0681. The molecule has 22 heavy (non-hydrogen) atoms. The van der Waals surface area contributed by atoms with Crippen LogP contribution in [0.5, 0.6) is 0 Å². The fourth-order valence-corrected chi connectivity index (χ4v) is 5.46. The summed E-state index contributed by atoms with van der Waals surface area (Å²) in [5, 5.41) is 12.0. The van der Waals surface area contributed by atoms with Gasteiger partial charge in [-0.3, -0.25) is 4.79 Å².